The highest BCUT2D eigenvalue weighted by Crippen LogP contribution is 2.31. The topological polar surface area (TPSA) is 0 Å². The van der Waals surface area contributed by atoms with Gasteiger partial charge in [0, 0.05) is 19.4 Å². The minimum atomic E-state index is -0.369. The Morgan fingerprint density at radius 2 is 2.25 bits per heavy atom. The molecule has 0 nitrogen and oxygen atoms in total. The number of alkyl halides is 1. The van der Waals surface area contributed by atoms with Gasteiger partial charge in [-0.05, 0) is 18.2 Å². The summed E-state index contributed by atoms with van der Waals surface area (Å²) in [4.78, 5) is 0.789. The van der Waals surface area contributed by atoms with Crippen molar-refractivity contribution < 1.29 is 4.39 Å². The molecule has 0 saturated heterocycles. The Kier molecular flexibility index (Phi) is 2.15. The first-order valence-corrected chi connectivity index (χ1v) is 5.15. The predicted molar refractivity (Wildman–Crippen MR) is 54.3 cm³/mol. The van der Waals surface area contributed by atoms with Crippen LogP contribution in [0.1, 0.15) is 4.88 Å². The van der Waals surface area contributed by atoms with Crippen molar-refractivity contribution in [3.8, 4) is 0 Å². The Morgan fingerprint density at radius 1 is 1.42 bits per heavy atom. The molecule has 0 fully saturated rings. The number of halogens is 2. The third-order valence-corrected chi connectivity index (χ3v) is 3.45. The Morgan fingerprint density at radius 3 is 2.92 bits per heavy atom. The van der Waals surface area contributed by atoms with E-state index in [4.69, 9.17) is 0 Å². The molecule has 62 valence electrons. The summed E-state index contributed by atoms with van der Waals surface area (Å²) >= 11 is 4.93. The van der Waals surface area contributed by atoms with E-state index < -0.39 is 0 Å². The van der Waals surface area contributed by atoms with Crippen molar-refractivity contribution in [2.45, 2.75) is 6.67 Å². The van der Waals surface area contributed by atoms with Gasteiger partial charge >= 0.3 is 0 Å². The summed E-state index contributed by atoms with van der Waals surface area (Å²) in [6.07, 6.45) is 0. The molecule has 0 aliphatic carbocycles. The van der Waals surface area contributed by atoms with Gasteiger partial charge in [-0.15, -0.1) is 11.3 Å². The van der Waals surface area contributed by atoms with Crippen LogP contribution in [-0.2, 0) is 6.67 Å². The van der Waals surface area contributed by atoms with Gasteiger partial charge < -0.3 is 0 Å². The number of rotatable bonds is 1. The first kappa shape index (κ1) is 8.20. The van der Waals surface area contributed by atoms with Crippen LogP contribution in [0.15, 0.2) is 28.7 Å². The lowest BCUT2D eigenvalue weighted by molar-refractivity contribution is 0.491. The number of hydrogen-bond donors (Lipinski definition) is 0. The fourth-order valence-corrected chi connectivity index (χ4v) is 2.69. The zero-order valence-corrected chi connectivity index (χ0v) is 8.58. The van der Waals surface area contributed by atoms with Crippen LogP contribution in [0.4, 0.5) is 4.39 Å². The van der Waals surface area contributed by atoms with Crippen LogP contribution in [0.2, 0.25) is 0 Å². The Labute approximate surface area is 82.2 Å². The third-order valence-electron chi connectivity index (χ3n) is 1.69. The third kappa shape index (κ3) is 1.27. The molecule has 3 heteroatoms. The average molecular weight is 245 g/mol. The summed E-state index contributed by atoms with van der Waals surface area (Å²) in [6, 6.07) is 7.83. The molecular weight excluding hydrogens is 239 g/mol. The number of benzene rings is 1. The van der Waals surface area contributed by atoms with Crippen LogP contribution < -0.4 is 0 Å². The van der Waals surface area contributed by atoms with E-state index in [9.17, 15) is 4.39 Å². The first-order chi connectivity index (χ1) is 5.81. The molecule has 2 rings (SSSR count). The molecule has 2 aromatic rings. The zero-order valence-electron chi connectivity index (χ0n) is 6.18. The maximum atomic E-state index is 12.3. The van der Waals surface area contributed by atoms with Crippen molar-refractivity contribution in [1.29, 1.82) is 0 Å². The lowest BCUT2D eigenvalue weighted by atomic mass is 10.2. The standard InChI is InChI=1S/C9H6BrFS/c10-8-2-1-3-9-7(8)4-6(5-11)12-9/h1-4H,5H2. The van der Waals surface area contributed by atoms with Gasteiger partial charge in [0.05, 0.1) is 0 Å². The van der Waals surface area contributed by atoms with Crippen molar-refractivity contribution in [2.75, 3.05) is 0 Å². The summed E-state index contributed by atoms with van der Waals surface area (Å²) in [5, 5.41) is 1.11. The number of fused-ring (bicyclic) bond motifs is 1. The van der Waals surface area contributed by atoms with Crippen molar-refractivity contribution in [3.05, 3.63) is 33.6 Å². The highest BCUT2D eigenvalue weighted by atomic mass is 79.9. The van der Waals surface area contributed by atoms with Crippen molar-refractivity contribution in [2.24, 2.45) is 0 Å². The first-order valence-electron chi connectivity index (χ1n) is 3.54. The fraction of sp³-hybridized carbons (Fsp3) is 0.111. The fourth-order valence-electron chi connectivity index (χ4n) is 1.14. The molecule has 0 aliphatic heterocycles. The highest BCUT2D eigenvalue weighted by Gasteiger charge is 2.03. The van der Waals surface area contributed by atoms with Gasteiger partial charge in [-0.1, -0.05) is 22.0 Å². The highest BCUT2D eigenvalue weighted by molar-refractivity contribution is 9.10. The van der Waals surface area contributed by atoms with E-state index in [0.717, 1.165) is 19.4 Å². The summed E-state index contributed by atoms with van der Waals surface area (Å²) < 4.78 is 14.5. The van der Waals surface area contributed by atoms with Gasteiger partial charge in [0.2, 0.25) is 0 Å². The summed E-state index contributed by atoms with van der Waals surface area (Å²) in [7, 11) is 0. The van der Waals surface area contributed by atoms with Crippen molar-refractivity contribution in [1.82, 2.24) is 0 Å². The summed E-state index contributed by atoms with van der Waals surface area (Å²) in [5.41, 5.74) is 0. The lowest BCUT2D eigenvalue weighted by Gasteiger charge is -1.89. The van der Waals surface area contributed by atoms with Gasteiger partial charge in [0.1, 0.15) is 6.67 Å². The van der Waals surface area contributed by atoms with E-state index in [0.29, 0.717) is 0 Å². The van der Waals surface area contributed by atoms with E-state index in [1.807, 2.05) is 24.3 Å². The molecular formula is C9H6BrFS. The smallest absolute Gasteiger partial charge is 0.124 e. The summed E-state index contributed by atoms with van der Waals surface area (Å²) in [6.45, 7) is -0.369. The molecule has 0 spiro atoms. The zero-order chi connectivity index (χ0) is 8.55. The monoisotopic (exact) mass is 244 g/mol. The number of hydrogen-bond acceptors (Lipinski definition) is 1. The van der Waals surface area contributed by atoms with Crippen molar-refractivity contribution >= 4 is 37.4 Å². The Balaban J connectivity index is 2.74. The second kappa shape index (κ2) is 3.15. The lowest BCUT2D eigenvalue weighted by Crippen LogP contribution is -1.65. The number of thiophene rings is 1. The van der Waals surface area contributed by atoms with Gasteiger partial charge in [-0.3, -0.25) is 0 Å². The van der Waals surface area contributed by atoms with Gasteiger partial charge in [-0.2, -0.15) is 0 Å². The SMILES string of the molecule is FCc1cc2c(Br)cccc2s1. The van der Waals surface area contributed by atoms with Gasteiger partial charge in [0.25, 0.3) is 0 Å². The van der Waals surface area contributed by atoms with Crippen LogP contribution in [0.25, 0.3) is 10.1 Å². The molecule has 0 unspecified atom stereocenters. The van der Waals surface area contributed by atoms with Crippen LogP contribution in [0.3, 0.4) is 0 Å². The van der Waals surface area contributed by atoms with E-state index in [2.05, 4.69) is 15.9 Å². The second-order valence-corrected chi connectivity index (χ2v) is 4.52. The molecule has 0 atom stereocenters. The minimum Gasteiger partial charge on any atom is -0.245 e. The Hall–Kier alpha value is -0.410. The molecule has 0 bridgehead atoms. The van der Waals surface area contributed by atoms with E-state index in [1.165, 1.54) is 11.3 Å². The van der Waals surface area contributed by atoms with Crippen LogP contribution in [-0.4, -0.2) is 0 Å². The Bertz CT molecular complexity index is 408. The molecule has 0 amide bonds. The predicted octanol–water partition coefficient (Wildman–Crippen LogP) is 4.13. The average Bonchev–Trinajstić information content (AvgIpc) is 2.49. The van der Waals surface area contributed by atoms with Crippen molar-refractivity contribution in [3.63, 3.8) is 0 Å². The van der Waals surface area contributed by atoms with E-state index in [-0.39, 0.29) is 6.67 Å². The molecule has 12 heavy (non-hydrogen) atoms. The van der Waals surface area contributed by atoms with Crippen LogP contribution in [0.5, 0.6) is 0 Å². The molecule has 1 heterocycles. The molecule has 1 aromatic heterocycles. The van der Waals surface area contributed by atoms with Gasteiger partial charge in [-0.25, -0.2) is 4.39 Å². The molecule has 0 radical (unpaired) electrons. The maximum absolute atomic E-state index is 12.3. The molecule has 0 aliphatic rings. The molecule has 0 saturated carbocycles. The largest absolute Gasteiger partial charge is 0.245 e. The maximum Gasteiger partial charge on any atom is 0.124 e. The van der Waals surface area contributed by atoms with Crippen LogP contribution in [0, 0.1) is 0 Å². The molecule has 0 N–H and O–H groups in total. The second-order valence-electron chi connectivity index (χ2n) is 2.50. The quantitative estimate of drug-likeness (QED) is 0.708. The van der Waals surface area contributed by atoms with E-state index >= 15 is 0 Å². The van der Waals surface area contributed by atoms with E-state index in [1.54, 1.807) is 0 Å². The molecule has 1 aromatic carbocycles. The van der Waals surface area contributed by atoms with Crippen LogP contribution >= 0.6 is 27.3 Å². The normalized spacial score (nSPS) is 10.8. The van der Waals surface area contributed by atoms with Gasteiger partial charge in [0.15, 0.2) is 0 Å². The summed E-state index contributed by atoms with van der Waals surface area (Å²) in [5.74, 6) is 0. The minimum absolute atomic E-state index is 0.369.